The van der Waals surface area contributed by atoms with Crippen LogP contribution in [0.25, 0.3) is 0 Å². The predicted molar refractivity (Wildman–Crippen MR) is 59.7 cm³/mol. The maximum Gasteiger partial charge on any atom is 0.306 e. The average Bonchev–Trinajstić information content (AvgIpc) is 2.11. The topological polar surface area (TPSA) is 37.3 Å². The van der Waals surface area contributed by atoms with Crippen LogP contribution in [-0.2, 0) is 11.2 Å². The zero-order chi connectivity index (χ0) is 10.7. The van der Waals surface area contributed by atoms with E-state index in [1.807, 2.05) is 12.1 Å². The molecule has 1 aromatic rings. The number of halogens is 2. The molecule has 14 heavy (non-hydrogen) atoms. The van der Waals surface area contributed by atoms with E-state index in [0.29, 0.717) is 11.4 Å². The van der Waals surface area contributed by atoms with Gasteiger partial charge in [-0.15, -0.1) is 0 Å². The lowest BCUT2D eigenvalue weighted by Crippen LogP contribution is -2.12. The molecule has 0 aliphatic rings. The summed E-state index contributed by atoms with van der Waals surface area (Å²) in [5, 5.41) is 9.37. The largest absolute Gasteiger partial charge is 0.481 e. The number of hydrogen-bond donors (Lipinski definition) is 1. The Morgan fingerprint density at radius 2 is 2.29 bits per heavy atom. The van der Waals surface area contributed by atoms with Crippen LogP contribution in [0.15, 0.2) is 22.7 Å². The molecule has 0 aliphatic carbocycles. The Hall–Kier alpha value is -0.540. The lowest BCUT2D eigenvalue weighted by molar-refractivity contribution is -0.141. The van der Waals surface area contributed by atoms with Crippen molar-refractivity contribution in [3.63, 3.8) is 0 Å². The first-order valence-electron chi connectivity index (χ1n) is 4.17. The van der Waals surface area contributed by atoms with Crippen LogP contribution in [0, 0.1) is 5.92 Å². The molecule has 0 aliphatic heterocycles. The second-order valence-corrected chi connectivity index (χ2v) is 4.45. The molecule has 1 N–H and O–H groups in total. The van der Waals surface area contributed by atoms with E-state index in [1.54, 1.807) is 13.0 Å². The van der Waals surface area contributed by atoms with E-state index in [9.17, 15) is 4.79 Å². The predicted octanol–water partition coefficient (Wildman–Crippen LogP) is 3.37. The molecule has 0 amide bonds. The van der Waals surface area contributed by atoms with E-state index in [4.69, 9.17) is 16.7 Å². The fourth-order valence-corrected chi connectivity index (χ4v) is 1.65. The highest BCUT2D eigenvalue weighted by molar-refractivity contribution is 9.10. The summed E-state index contributed by atoms with van der Waals surface area (Å²) in [6.45, 7) is 1.69. The van der Waals surface area contributed by atoms with E-state index in [2.05, 4.69) is 15.9 Å². The highest BCUT2D eigenvalue weighted by Crippen LogP contribution is 2.24. The number of rotatable bonds is 3. The molecule has 4 heteroatoms. The summed E-state index contributed by atoms with van der Waals surface area (Å²) in [5.41, 5.74) is 0.969. The first kappa shape index (κ1) is 11.5. The number of benzene rings is 1. The normalized spacial score (nSPS) is 12.5. The maximum atomic E-state index is 10.6. The highest BCUT2D eigenvalue weighted by Gasteiger charge is 2.11. The van der Waals surface area contributed by atoms with Crippen LogP contribution in [-0.4, -0.2) is 11.1 Å². The van der Waals surface area contributed by atoms with Gasteiger partial charge in [0.25, 0.3) is 0 Å². The molecular formula is C10H10BrClO2. The minimum absolute atomic E-state index is 0.372. The minimum Gasteiger partial charge on any atom is -0.481 e. The standard InChI is InChI=1S/C10H10BrClO2/c1-6(10(13)14)4-7-2-3-9(12)8(11)5-7/h2-3,5-6H,4H2,1H3,(H,13,14). The Bertz CT molecular complexity index is 352. The van der Waals surface area contributed by atoms with Gasteiger partial charge < -0.3 is 5.11 Å². The Morgan fingerprint density at radius 1 is 1.64 bits per heavy atom. The van der Waals surface area contributed by atoms with Crippen molar-refractivity contribution < 1.29 is 9.90 Å². The second kappa shape index (κ2) is 4.80. The van der Waals surface area contributed by atoms with Gasteiger partial charge in [-0.25, -0.2) is 0 Å². The van der Waals surface area contributed by atoms with E-state index < -0.39 is 5.97 Å². The van der Waals surface area contributed by atoms with Gasteiger partial charge in [-0.3, -0.25) is 4.79 Å². The third kappa shape index (κ3) is 3.00. The van der Waals surface area contributed by atoms with Crippen LogP contribution in [0.4, 0.5) is 0 Å². The third-order valence-electron chi connectivity index (χ3n) is 1.95. The lowest BCUT2D eigenvalue weighted by atomic mass is 10.0. The third-order valence-corrected chi connectivity index (χ3v) is 3.16. The van der Waals surface area contributed by atoms with Crippen molar-refractivity contribution in [1.82, 2.24) is 0 Å². The van der Waals surface area contributed by atoms with Crippen LogP contribution in [0.3, 0.4) is 0 Å². The monoisotopic (exact) mass is 276 g/mol. The van der Waals surface area contributed by atoms with E-state index >= 15 is 0 Å². The summed E-state index contributed by atoms with van der Waals surface area (Å²) in [7, 11) is 0. The summed E-state index contributed by atoms with van der Waals surface area (Å²) in [4.78, 5) is 10.6. The van der Waals surface area contributed by atoms with Crippen molar-refractivity contribution in [3.8, 4) is 0 Å². The Morgan fingerprint density at radius 3 is 2.79 bits per heavy atom. The molecule has 0 saturated carbocycles. The summed E-state index contributed by atoms with van der Waals surface area (Å²) >= 11 is 9.11. The van der Waals surface area contributed by atoms with Crippen molar-refractivity contribution in [1.29, 1.82) is 0 Å². The van der Waals surface area contributed by atoms with E-state index in [-0.39, 0.29) is 5.92 Å². The number of aliphatic carboxylic acids is 1. The van der Waals surface area contributed by atoms with Crippen LogP contribution in [0.2, 0.25) is 5.02 Å². The van der Waals surface area contributed by atoms with Gasteiger partial charge in [0.05, 0.1) is 10.9 Å². The molecule has 0 fully saturated rings. The van der Waals surface area contributed by atoms with Crippen LogP contribution < -0.4 is 0 Å². The van der Waals surface area contributed by atoms with Crippen molar-refractivity contribution in [2.24, 2.45) is 5.92 Å². The molecule has 1 atom stereocenters. The first-order valence-corrected chi connectivity index (χ1v) is 5.34. The van der Waals surface area contributed by atoms with Crippen molar-refractivity contribution >= 4 is 33.5 Å². The van der Waals surface area contributed by atoms with Crippen LogP contribution >= 0.6 is 27.5 Å². The SMILES string of the molecule is CC(Cc1ccc(Cl)c(Br)c1)C(=O)O. The van der Waals surface area contributed by atoms with E-state index in [1.165, 1.54) is 0 Å². The Kier molecular flexibility index (Phi) is 3.96. The van der Waals surface area contributed by atoms with Gasteiger partial charge in [0.1, 0.15) is 0 Å². The van der Waals surface area contributed by atoms with Crippen molar-refractivity contribution in [2.45, 2.75) is 13.3 Å². The van der Waals surface area contributed by atoms with Gasteiger partial charge in [0.15, 0.2) is 0 Å². The van der Waals surface area contributed by atoms with Gasteiger partial charge in [0.2, 0.25) is 0 Å². The van der Waals surface area contributed by atoms with Crippen molar-refractivity contribution in [2.75, 3.05) is 0 Å². The van der Waals surface area contributed by atoms with Crippen LogP contribution in [0.1, 0.15) is 12.5 Å². The maximum absolute atomic E-state index is 10.6. The molecule has 1 aromatic carbocycles. The number of carboxylic acid groups (broad SMARTS) is 1. The summed E-state index contributed by atoms with van der Waals surface area (Å²) < 4.78 is 0.800. The number of hydrogen-bond acceptors (Lipinski definition) is 1. The summed E-state index contributed by atoms with van der Waals surface area (Å²) in [5.74, 6) is -1.15. The van der Waals surface area contributed by atoms with Gasteiger partial charge in [-0.05, 0) is 40.0 Å². The van der Waals surface area contributed by atoms with Gasteiger partial charge >= 0.3 is 5.97 Å². The molecule has 0 bridgehead atoms. The minimum atomic E-state index is -0.781. The zero-order valence-corrected chi connectivity index (χ0v) is 9.97. The molecule has 0 saturated heterocycles. The van der Waals surface area contributed by atoms with Gasteiger partial charge in [-0.2, -0.15) is 0 Å². The fourth-order valence-electron chi connectivity index (χ4n) is 1.11. The van der Waals surface area contributed by atoms with Gasteiger partial charge in [-0.1, -0.05) is 24.6 Å². The number of carbonyl (C=O) groups is 1. The Labute approximate surface area is 96.0 Å². The first-order chi connectivity index (χ1) is 6.50. The van der Waals surface area contributed by atoms with Crippen molar-refractivity contribution in [3.05, 3.63) is 33.3 Å². The smallest absolute Gasteiger partial charge is 0.306 e. The Balaban J connectivity index is 2.78. The molecule has 0 aromatic heterocycles. The molecule has 0 spiro atoms. The lowest BCUT2D eigenvalue weighted by Gasteiger charge is -2.06. The fraction of sp³-hybridized carbons (Fsp3) is 0.300. The zero-order valence-electron chi connectivity index (χ0n) is 7.63. The summed E-state index contributed by atoms with van der Waals surface area (Å²) in [6.07, 6.45) is 0.519. The molecule has 76 valence electrons. The quantitative estimate of drug-likeness (QED) is 0.920. The molecule has 2 nitrogen and oxygen atoms in total. The molecule has 1 rings (SSSR count). The highest BCUT2D eigenvalue weighted by atomic mass is 79.9. The van der Waals surface area contributed by atoms with Crippen LogP contribution in [0.5, 0.6) is 0 Å². The number of carboxylic acids is 1. The van der Waals surface area contributed by atoms with E-state index in [0.717, 1.165) is 10.0 Å². The summed E-state index contributed by atoms with van der Waals surface area (Å²) in [6, 6.07) is 5.45. The average molecular weight is 278 g/mol. The second-order valence-electron chi connectivity index (χ2n) is 3.19. The molecule has 0 heterocycles. The molecular weight excluding hydrogens is 267 g/mol. The van der Waals surface area contributed by atoms with Gasteiger partial charge in [0, 0.05) is 4.47 Å². The molecule has 1 unspecified atom stereocenters. The molecule has 0 radical (unpaired) electrons.